The number of aliphatic hydroxyl groups is 1. The van der Waals surface area contributed by atoms with Gasteiger partial charge in [0.2, 0.25) is 0 Å². The second kappa shape index (κ2) is 5.96. The average Bonchev–Trinajstić information content (AvgIpc) is 2.41. The van der Waals surface area contributed by atoms with Crippen LogP contribution in [-0.4, -0.2) is 12.2 Å². The number of methoxy groups -OCH3 is 1. The highest BCUT2D eigenvalue weighted by Gasteiger charge is 2.15. The number of benzene rings is 2. The lowest BCUT2D eigenvalue weighted by Crippen LogP contribution is -2.05. The van der Waals surface area contributed by atoms with Crippen molar-refractivity contribution in [3.63, 3.8) is 0 Å². The smallest absolute Gasteiger partial charge is 0.165 e. The Kier molecular flexibility index (Phi) is 4.29. The second-order valence-corrected chi connectivity index (χ2v) is 4.35. The third-order valence-electron chi connectivity index (χ3n) is 2.96. The lowest BCUT2D eigenvalue weighted by atomic mass is 10.0. The fraction of sp³-hybridized carbons (Fsp3) is 0.200. The summed E-state index contributed by atoms with van der Waals surface area (Å²) in [5.74, 6) is -1.83. The molecule has 0 aromatic heterocycles. The number of halogens is 3. The average molecular weight is 282 g/mol. The van der Waals surface area contributed by atoms with E-state index in [1.165, 1.54) is 19.2 Å². The van der Waals surface area contributed by atoms with Gasteiger partial charge in [-0.15, -0.1) is 0 Å². The fourth-order valence-corrected chi connectivity index (χ4v) is 1.94. The summed E-state index contributed by atoms with van der Waals surface area (Å²) in [5.41, 5.74) is 0.306. The summed E-state index contributed by atoms with van der Waals surface area (Å²) in [6.07, 6.45) is -1.28. The SMILES string of the molecule is COc1ccc(CC(O)c2cc(F)ccc2F)cc1F. The Morgan fingerprint density at radius 2 is 1.80 bits per heavy atom. The van der Waals surface area contributed by atoms with E-state index < -0.39 is 23.6 Å². The zero-order chi connectivity index (χ0) is 14.7. The molecule has 0 amide bonds. The summed E-state index contributed by atoms with van der Waals surface area (Å²) in [6.45, 7) is 0. The van der Waals surface area contributed by atoms with Crippen molar-refractivity contribution in [1.29, 1.82) is 0 Å². The molecule has 0 saturated heterocycles. The standard InChI is InChI=1S/C15H13F3O2/c1-20-15-5-2-9(6-13(15)18)7-14(19)11-8-10(16)3-4-12(11)17/h2-6,8,14,19H,7H2,1H3. The molecular formula is C15H13F3O2. The maximum Gasteiger partial charge on any atom is 0.165 e. The Morgan fingerprint density at radius 3 is 2.45 bits per heavy atom. The minimum absolute atomic E-state index is 0.0265. The minimum Gasteiger partial charge on any atom is -0.494 e. The van der Waals surface area contributed by atoms with Crippen molar-refractivity contribution in [1.82, 2.24) is 0 Å². The predicted octanol–water partition coefficient (Wildman–Crippen LogP) is 3.39. The van der Waals surface area contributed by atoms with E-state index in [1.54, 1.807) is 6.07 Å². The van der Waals surface area contributed by atoms with Gasteiger partial charge in [0.1, 0.15) is 11.6 Å². The molecule has 0 aliphatic rings. The third-order valence-corrected chi connectivity index (χ3v) is 2.96. The van der Waals surface area contributed by atoms with E-state index in [2.05, 4.69) is 0 Å². The molecule has 1 atom stereocenters. The molecule has 0 spiro atoms. The normalized spacial score (nSPS) is 12.2. The summed E-state index contributed by atoms with van der Waals surface area (Å²) in [4.78, 5) is 0. The molecule has 0 fully saturated rings. The molecule has 0 aliphatic heterocycles. The first-order valence-electron chi connectivity index (χ1n) is 5.96. The van der Waals surface area contributed by atoms with Gasteiger partial charge in [-0.05, 0) is 35.9 Å². The van der Waals surface area contributed by atoms with Crippen LogP contribution < -0.4 is 4.74 Å². The molecule has 2 nitrogen and oxygen atoms in total. The first-order valence-corrected chi connectivity index (χ1v) is 5.96. The highest BCUT2D eigenvalue weighted by atomic mass is 19.1. The maximum atomic E-state index is 13.5. The van der Waals surface area contributed by atoms with E-state index in [0.29, 0.717) is 5.56 Å². The van der Waals surface area contributed by atoms with Crippen molar-refractivity contribution in [3.8, 4) is 5.75 Å². The molecule has 1 unspecified atom stereocenters. The summed E-state index contributed by atoms with van der Waals surface area (Å²) in [7, 11) is 1.34. The molecule has 0 heterocycles. The Morgan fingerprint density at radius 1 is 1.05 bits per heavy atom. The van der Waals surface area contributed by atoms with Gasteiger partial charge in [0.05, 0.1) is 13.2 Å². The topological polar surface area (TPSA) is 29.5 Å². The summed E-state index contributed by atoms with van der Waals surface area (Å²) < 4.78 is 44.8. The number of rotatable bonds is 4. The number of hydrogen-bond acceptors (Lipinski definition) is 2. The molecule has 20 heavy (non-hydrogen) atoms. The number of aliphatic hydroxyl groups excluding tert-OH is 1. The first-order chi connectivity index (χ1) is 9.51. The molecule has 2 aromatic rings. The van der Waals surface area contributed by atoms with E-state index in [1.807, 2.05) is 0 Å². The van der Waals surface area contributed by atoms with Crippen LogP contribution in [-0.2, 0) is 6.42 Å². The van der Waals surface area contributed by atoms with Gasteiger partial charge in [-0.25, -0.2) is 13.2 Å². The molecule has 2 aromatic carbocycles. The summed E-state index contributed by atoms with van der Waals surface area (Å²) >= 11 is 0. The Labute approximate surface area is 114 Å². The highest BCUT2D eigenvalue weighted by Crippen LogP contribution is 2.24. The highest BCUT2D eigenvalue weighted by molar-refractivity contribution is 5.31. The van der Waals surface area contributed by atoms with Crippen LogP contribution in [0.4, 0.5) is 13.2 Å². The first kappa shape index (κ1) is 14.4. The van der Waals surface area contributed by atoms with Gasteiger partial charge in [-0.1, -0.05) is 6.07 Å². The van der Waals surface area contributed by atoms with Crippen molar-refractivity contribution in [2.24, 2.45) is 0 Å². The van der Waals surface area contributed by atoms with E-state index in [0.717, 1.165) is 18.2 Å². The van der Waals surface area contributed by atoms with Gasteiger partial charge in [-0.2, -0.15) is 0 Å². The molecule has 106 valence electrons. The van der Waals surface area contributed by atoms with Crippen LogP contribution in [0.2, 0.25) is 0 Å². The Balaban J connectivity index is 2.21. The second-order valence-electron chi connectivity index (χ2n) is 4.35. The number of ether oxygens (including phenoxy) is 1. The van der Waals surface area contributed by atoms with E-state index in [9.17, 15) is 18.3 Å². The van der Waals surface area contributed by atoms with E-state index in [4.69, 9.17) is 4.74 Å². The lowest BCUT2D eigenvalue weighted by molar-refractivity contribution is 0.173. The van der Waals surface area contributed by atoms with Gasteiger partial charge in [-0.3, -0.25) is 0 Å². The van der Waals surface area contributed by atoms with Crippen LogP contribution in [0.25, 0.3) is 0 Å². The molecule has 1 N–H and O–H groups in total. The quantitative estimate of drug-likeness (QED) is 0.931. The molecule has 0 saturated carbocycles. The zero-order valence-corrected chi connectivity index (χ0v) is 10.7. The van der Waals surface area contributed by atoms with Crippen molar-refractivity contribution in [2.45, 2.75) is 12.5 Å². The van der Waals surface area contributed by atoms with Crippen LogP contribution in [0.1, 0.15) is 17.2 Å². The van der Waals surface area contributed by atoms with Crippen LogP contribution in [0, 0.1) is 17.5 Å². The van der Waals surface area contributed by atoms with E-state index in [-0.39, 0.29) is 17.7 Å². The minimum atomic E-state index is -1.25. The van der Waals surface area contributed by atoms with Crippen LogP contribution in [0.15, 0.2) is 36.4 Å². The molecule has 0 radical (unpaired) electrons. The van der Waals surface area contributed by atoms with E-state index >= 15 is 0 Å². The monoisotopic (exact) mass is 282 g/mol. The van der Waals surface area contributed by atoms with Gasteiger partial charge in [0.25, 0.3) is 0 Å². The summed E-state index contributed by atoms with van der Waals surface area (Å²) in [5, 5.41) is 9.94. The molecule has 5 heteroatoms. The van der Waals surface area contributed by atoms with Crippen molar-refractivity contribution >= 4 is 0 Å². The Bertz CT molecular complexity index is 614. The van der Waals surface area contributed by atoms with Crippen LogP contribution in [0.3, 0.4) is 0 Å². The predicted molar refractivity (Wildman–Crippen MR) is 68.0 cm³/mol. The van der Waals surface area contributed by atoms with Crippen molar-refractivity contribution in [2.75, 3.05) is 7.11 Å². The molecule has 0 bridgehead atoms. The van der Waals surface area contributed by atoms with Crippen LogP contribution in [0.5, 0.6) is 5.75 Å². The van der Waals surface area contributed by atoms with Gasteiger partial charge in [0.15, 0.2) is 11.6 Å². The van der Waals surface area contributed by atoms with Crippen molar-refractivity contribution in [3.05, 3.63) is 65.0 Å². The summed E-state index contributed by atoms with van der Waals surface area (Å²) in [6, 6.07) is 7.02. The van der Waals surface area contributed by atoms with Gasteiger partial charge < -0.3 is 9.84 Å². The number of hydrogen-bond donors (Lipinski definition) is 1. The fourth-order valence-electron chi connectivity index (χ4n) is 1.94. The molecular weight excluding hydrogens is 269 g/mol. The molecule has 0 aliphatic carbocycles. The molecule has 2 rings (SSSR count). The third kappa shape index (κ3) is 3.11. The largest absolute Gasteiger partial charge is 0.494 e. The Hall–Kier alpha value is -2.01. The van der Waals surface area contributed by atoms with Crippen molar-refractivity contribution < 1.29 is 23.0 Å². The lowest BCUT2D eigenvalue weighted by Gasteiger charge is -2.13. The van der Waals surface area contributed by atoms with Gasteiger partial charge in [0, 0.05) is 12.0 Å². The van der Waals surface area contributed by atoms with Crippen LogP contribution >= 0.6 is 0 Å². The zero-order valence-electron chi connectivity index (χ0n) is 10.7. The maximum absolute atomic E-state index is 13.5. The van der Waals surface area contributed by atoms with Gasteiger partial charge >= 0.3 is 0 Å².